The van der Waals surface area contributed by atoms with E-state index in [0.717, 1.165) is 11.3 Å². The summed E-state index contributed by atoms with van der Waals surface area (Å²) in [7, 11) is 1.58. The van der Waals surface area contributed by atoms with Crippen molar-refractivity contribution in [1.82, 2.24) is 0 Å². The van der Waals surface area contributed by atoms with Crippen molar-refractivity contribution in [2.45, 2.75) is 6.61 Å². The van der Waals surface area contributed by atoms with E-state index in [1.807, 2.05) is 42.5 Å². The Hall–Kier alpha value is -4.44. The molecule has 0 bridgehead atoms. The molecule has 4 rings (SSSR count). The topological polar surface area (TPSA) is 89.8 Å². The van der Waals surface area contributed by atoms with Gasteiger partial charge in [-0.05, 0) is 48.0 Å². The number of para-hydroxylation sites is 1. The lowest BCUT2D eigenvalue weighted by Gasteiger charge is -2.18. The quantitative estimate of drug-likeness (QED) is 0.425. The van der Waals surface area contributed by atoms with E-state index in [0.29, 0.717) is 41.7 Å². The number of amides is 1. The maximum atomic E-state index is 12.7. The number of rotatable bonds is 7. The fourth-order valence-electron chi connectivity index (χ4n) is 3.31. The molecule has 1 N–H and O–H groups in total. The number of fused-ring (bicyclic) bond motifs is 1. The molecule has 0 radical (unpaired) electrons. The first-order valence-corrected chi connectivity index (χ1v) is 10.3. The van der Waals surface area contributed by atoms with E-state index in [-0.39, 0.29) is 12.2 Å². The Kier molecular flexibility index (Phi) is 6.76. The minimum Gasteiger partial charge on any atom is -0.496 e. The third-order valence-electron chi connectivity index (χ3n) is 4.92. The molecule has 3 aromatic rings. The zero-order valence-electron chi connectivity index (χ0n) is 18.0. The van der Waals surface area contributed by atoms with Crippen molar-refractivity contribution >= 4 is 17.7 Å². The van der Waals surface area contributed by atoms with Crippen LogP contribution in [0.1, 0.15) is 11.1 Å². The number of benzene rings is 3. The number of hydrogen-bond acceptors (Lipinski definition) is 6. The van der Waals surface area contributed by atoms with Crippen LogP contribution in [0.15, 0.2) is 72.3 Å². The highest BCUT2D eigenvalue weighted by atomic mass is 16.6. The van der Waals surface area contributed by atoms with Gasteiger partial charge in [0.1, 0.15) is 43.0 Å². The molecule has 1 heterocycles. The molecule has 1 amide bonds. The Morgan fingerprint density at radius 1 is 1.06 bits per heavy atom. The Labute approximate surface area is 191 Å². The average molecular weight is 442 g/mol. The summed E-state index contributed by atoms with van der Waals surface area (Å²) < 4.78 is 22.3. The van der Waals surface area contributed by atoms with Gasteiger partial charge in [-0.3, -0.25) is 4.79 Å². The summed E-state index contributed by atoms with van der Waals surface area (Å²) in [5.41, 5.74) is 1.94. The Balaban J connectivity index is 1.51. The maximum absolute atomic E-state index is 12.7. The number of carbonyl (C=O) groups excluding carboxylic acids is 1. The molecule has 0 atom stereocenters. The molecule has 3 aromatic carbocycles. The van der Waals surface area contributed by atoms with Crippen LogP contribution in [0.3, 0.4) is 0 Å². The number of nitrogens with zero attached hydrogens (tertiary/aromatic N) is 1. The molecule has 166 valence electrons. The molecule has 7 heteroatoms. The molecule has 0 aliphatic carbocycles. The van der Waals surface area contributed by atoms with Gasteiger partial charge in [-0.1, -0.05) is 24.3 Å². The first-order valence-electron chi connectivity index (χ1n) is 10.3. The highest BCUT2D eigenvalue weighted by Gasteiger charge is 2.15. The van der Waals surface area contributed by atoms with Gasteiger partial charge in [-0.15, -0.1) is 0 Å². The van der Waals surface area contributed by atoms with Gasteiger partial charge in [-0.25, -0.2) is 0 Å². The van der Waals surface area contributed by atoms with E-state index in [4.69, 9.17) is 18.9 Å². The summed E-state index contributed by atoms with van der Waals surface area (Å²) in [6.45, 7) is 1.21. The Bertz CT molecular complexity index is 1220. The van der Waals surface area contributed by atoms with Crippen molar-refractivity contribution < 1.29 is 23.7 Å². The molecule has 0 spiro atoms. The van der Waals surface area contributed by atoms with Gasteiger partial charge in [0, 0.05) is 17.3 Å². The van der Waals surface area contributed by atoms with E-state index in [1.54, 1.807) is 37.4 Å². The van der Waals surface area contributed by atoms with Crippen LogP contribution in [0.4, 0.5) is 5.69 Å². The third kappa shape index (κ3) is 5.43. The summed E-state index contributed by atoms with van der Waals surface area (Å²) in [4.78, 5) is 12.7. The van der Waals surface area contributed by atoms with Crippen molar-refractivity contribution in [3.63, 3.8) is 0 Å². The van der Waals surface area contributed by atoms with Gasteiger partial charge in [0.15, 0.2) is 11.5 Å². The third-order valence-corrected chi connectivity index (χ3v) is 4.92. The van der Waals surface area contributed by atoms with Gasteiger partial charge in [0.2, 0.25) is 0 Å². The number of hydrogen-bond donors (Lipinski definition) is 1. The molecule has 7 nitrogen and oxygen atoms in total. The fourth-order valence-corrected chi connectivity index (χ4v) is 3.31. The summed E-state index contributed by atoms with van der Waals surface area (Å²) in [6.07, 6.45) is 1.53. The lowest BCUT2D eigenvalue weighted by molar-refractivity contribution is -0.112. The Morgan fingerprint density at radius 2 is 1.85 bits per heavy atom. The molecule has 1 aliphatic heterocycles. The predicted octanol–water partition coefficient (Wildman–Crippen LogP) is 4.59. The van der Waals surface area contributed by atoms with Gasteiger partial charge >= 0.3 is 0 Å². The molecular formula is C26H22N2O5. The number of ether oxygens (including phenoxy) is 4. The fraction of sp³-hybridized carbons (Fsp3) is 0.154. The first kappa shape index (κ1) is 21.8. The second-order valence-corrected chi connectivity index (χ2v) is 7.16. The zero-order valence-corrected chi connectivity index (χ0v) is 18.0. The maximum Gasteiger partial charge on any atom is 0.266 e. The lowest BCUT2D eigenvalue weighted by atomic mass is 10.1. The smallest absolute Gasteiger partial charge is 0.266 e. The van der Waals surface area contributed by atoms with Crippen LogP contribution in [-0.4, -0.2) is 26.2 Å². The minimum atomic E-state index is -0.521. The van der Waals surface area contributed by atoms with E-state index < -0.39 is 5.91 Å². The second-order valence-electron chi connectivity index (χ2n) is 7.16. The average Bonchev–Trinajstić information content (AvgIpc) is 2.86. The van der Waals surface area contributed by atoms with Crippen LogP contribution in [0.2, 0.25) is 0 Å². The Morgan fingerprint density at radius 3 is 2.61 bits per heavy atom. The van der Waals surface area contributed by atoms with Crippen LogP contribution < -0.4 is 24.3 Å². The van der Waals surface area contributed by atoms with Crippen molar-refractivity contribution in [1.29, 1.82) is 5.26 Å². The summed E-state index contributed by atoms with van der Waals surface area (Å²) in [5.74, 6) is 2.05. The molecule has 1 aliphatic rings. The van der Waals surface area contributed by atoms with Gasteiger partial charge in [-0.2, -0.15) is 5.26 Å². The normalized spacial score (nSPS) is 12.4. The van der Waals surface area contributed by atoms with E-state index in [1.165, 1.54) is 6.08 Å². The molecule has 0 saturated carbocycles. The molecule has 0 saturated heterocycles. The van der Waals surface area contributed by atoms with Crippen molar-refractivity contribution in [2.75, 3.05) is 25.6 Å². The zero-order chi connectivity index (χ0) is 23.0. The number of nitriles is 1. The van der Waals surface area contributed by atoms with E-state index in [9.17, 15) is 10.1 Å². The number of methoxy groups -OCH3 is 1. The highest BCUT2D eigenvalue weighted by molar-refractivity contribution is 6.09. The van der Waals surface area contributed by atoms with Crippen LogP contribution in [-0.2, 0) is 11.4 Å². The number of anilines is 1. The predicted molar refractivity (Wildman–Crippen MR) is 123 cm³/mol. The summed E-state index contributed by atoms with van der Waals surface area (Å²) in [6, 6.07) is 21.9. The van der Waals surface area contributed by atoms with E-state index >= 15 is 0 Å². The van der Waals surface area contributed by atoms with Crippen molar-refractivity contribution in [2.24, 2.45) is 0 Å². The molecule has 0 aromatic heterocycles. The van der Waals surface area contributed by atoms with Crippen LogP contribution in [0, 0.1) is 11.3 Å². The van der Waals surface area contributed by atoms with Crippen LogP contribution in [0.25, 0.3) is 6.08 Å². The van der Waals surface area contributed by atoms with E-state index in [2.05, 4.69) is 5.32 Å². The number of carbonyl (C=O) groups is 1. The van der Waals surface area contributed by atoms with Gasteiger partial charge in [0.05, 0.1) is 7.11 Å². The van der Waals surface area contributed by atoms with Gasteiger partial charge in [0.25, 0.3) is 5.91 Å². The van der Waals surface area contributed by atoms with Gasteiger partial charge < -0.3 is 24.3 Å². The largest absolute Gasteiger partial charge is 0.496 e. The monoisotopic (exact) mass is 442 g/mol. The second kappa shape index (κ2) is 10.2. The molecule has 0 unspecified atom stereocenters. The van der Waals surface area contributed by atoms with Crippen molar-refractivity contribution in [3.05, 3.63) is 83.4 Å². The highest BCUT2D eigenvalue weighted by Crippen LogP contribution is 2.32. The lowest BCUT2D eigenvalue weighted by Crippen LogP contribution is -2.17. The van der Waals surface area contributed by atoms with Crippen molar-refractivity contribution in [3.8, 4) is 29.1 Å². The first-order chi connectivity index (χ1) is 16.2. The molecule has 33 heavy (non-hydrogen) atoms. The minimum absolute atomic E-state index is 0.0371. The molecule has 0 fully saturated rings. The van der Waals surface area contributed by atoms with Crippen LogP contribution in [0.5, 0.6) is 23.0 Å². The summed E-state index contributed by atoms with van der Waals surface area (Å²) in [5, 5.41) is 12.3. The standard InChI is InChI=1S/C26H22N2O5/c1-30-23-9-7-18(14-20(23)17-33-22-5-3-2-4-6-22)13-19(16-27)26(29)28-21-8-10-24-25(15-21)32-12-11-31-24/h2-10,13-15H,11-12,17H2,1H3,(H,28,29). The number of nitrogens with one attached hydrogen (secondary N) is 1. The molecular weight excluding hydrogens is 420 g/mol. The summed E-state index contributed by atoms with van der Waals surface area (Å²) >= 11 is 0. The van der Waals surface area contributed by atoms with Crippen LogP contribution >= 0.6 is 0 Å². The SMILES string of the molecule is COc1ccc(C=C(C#N)C(=O)Nc2ccc3c(c2)OCCO3)cc1COc1ccccc1.